The quantitative estimate of drug-likeness (QED) is 0.779. The third-order valence-corrected chi connectivity index (χ3v) is 9.63. The fourth-order valence-corrected chi connectivity index (χ4v) is 8.02. The van der Waals surface area contributed by atoms with E-state index in [2.05, 4.69) is 88.4 Å². The third-order valence-electron chi connectivity index (χ3n) is 4.62. The highest BCUT2D eigenvalue weighted by atomic mass is 28.4. The van der Waals surface area contributed by atoms with Crippen molar-refractivity contribution >= 4 is 18.7 Å². The summed E-state index contributed by atoms with van der Waals surface area (Å²) in [6, 6.07) is 21.4. The zero-order valence-corrected chi connectivity index (χ0v) is 16.3. The Kier molecular flexibility index (Phi) is 6.38. The Bertz CT molecular complexity index is 565. The van der Waals surface area contributed by atoms with Crippen molar-refractivity contribution < 1.29 is 9.53 Å². The van der Waals surface area contributed by atoms with E-state index >= 15 is 0 Å². The fraction of sp³-hybridized carbons (Fsp3) is 0.429. The molecule has 130 valence electrons. The maximum atomic E-state index is 9.22. The first-order valence-corrected chi connectivity index (χ1v) is 10.7. The van der Waals surface area contributed by atoms with Crippen LogP contribution in [-0.4, -0.2) is 26.6 Å². The topological polar surface area (TPSA) is 29.5 Å². The van der Waals surface area contributed by atoms with Crippen LogP contribution in [0.15, 0.2) is 60.7 Å². The molecule has 1 N–H and O–H groups in total. The molecule has 2 aromatic rings. The molecule has 0 spiro atoms. The van der Waals surface area contributed by atoms with Crippen molar-refractivity contribution in [3.63, 3.8) is 0 Å². The molecular formula is C21H30O2Si. The van der Waals surface area contributed by atoms with Crippen molar-refractivity contribution in [3.05, 3.63) is 60.7 Å². The SMILES string of the molecule is C[C@@H](CCO)CO[Si](c1ccccc1)(c1ccccc1)C(C)(C)C. The summed E-state index contributed by atoms with van der Waals surface area (Å²) in [7, 11) is -2.42. The van der Waals surface area contributed by atoms with Gasteiger partial charge in [0.1, 0.15) is 0 Å². The zero-order chi connectivity index (χ0) is 17.6. The molecule has 2 nitrogen and oxygen atoms in total. The average molecular weight is 343 g/mol. The second-order valence-corrected chi connectivity index (χ2v) is 11.9. The van der Waals surface area contributed by atoms with E-state index in [0.717, 1.165) is 6.42 Å². The van der Waals surface area contributed by atoms with Crippen LogP contribution in [0.25, 0.3) is 0 Å². The van der Waals surface area contributed by atoms with Crippen LogP contribution >= 0.6 is 0 Å². The van der Waals surface area contributed by atoms with E-state index in [0.29, 0.717) is 12.5 Å². The molecule has 2 aromatic carbocycles. The largest absolute Gasteiger partial charge is 0.407 e. The number of aliphatic hydroxyl groups is 1. The van der Waals surface area contributed by atoms with Gasteiger partial charge in [-0.05, 0) is 27.8 Å². The van der Waals surface area contributed by atoms with E-state index in [4.69, 9.17) is 4.43 Å². The lowest BCUT2D eigenvalue weighted by Crippen LogP contribution is -2.66. The van der Waals surface area contributed by atoms with Gasteiger partial charge in [0.25, 0.3) is 8.32 Å². The highest BCUT2D eigenvalue weighted by Crippen LogP contribution is 2.37. The van der Waals surface area contributed by atoms with Gasteiger partial charge in [-0.1, -0.05) is 88.4 Å². The summed E-state index contributed by atoms with van der Waals surface area (Å²) in [5.41, 5.74) is 0. The average Bonchev–Trinajstić information content (AvgIpc) is 2.56. The first kappa shape index (κ1) is 18.9. The van der Waals surface area contributed by atoms with E-state index in [9.17, 15) is 5.11 Å². The standard InChI is InChI=1S/C21H30O2Si/c1-18(15-16-22)17-23-24(21(2,3)4,19-11-7-5-8-12-19)20-13-9-6-10-14-20/h5-14,18,22H,15-17H2,1-4H3/t18-/m0/s1. The molecule has 24 heavy (non-hydrogen) atoms. The number of benzene rings is 2. The summed E-state index contributed by atoms with van der Waals surface area (Å²) >= 11 is 0. The Hall–Kier alpha value is -1.42. The molecule has 0 radical (unpaired) electrons. The molecule has 0 saturated heterocycles. The van der Waals surface area contributed by atoms with Gasteiger partial charge in [-0.25, -0.2) is 0 Å². The summed E-state index contributed by atoms with van der Waals surface area (Å²) in [4.78, 5) is 0. The van der Waals surface area contributed by atoms with Crippen LogP contribution in [0.4, 0.5) is 0 Å². The molecule has 0 aliphatic heterocycles. The Labute approximate surface area is 147 Å². The minimum absolute atomic E-state index is 0.00857. The van der Waals surface area contributed by atoms with Crippen molar-refractivity contribution in [1.29, 1.82) is 0 Å². The van der Waals surface area contributed by atoms with Crippen LogP contribution in [0, 0.1) is 5.92 Å². The van der Waals surface area contributed by atoms with Gasteiger partial charge in [-0.15, -0.1) is 0 Å². The van der Waals surface area contributed by atoms with Crippen LogP contribution in [0.5, 0.6) is 0 Å². The number of rotatable bonds is 7. The summed E-state index contributed by atoms with van der Waals surface area (Å²) < 4.78 is 6.81. The number of hydrogen-bond donors (Lipinski definition) is 1. The molecule has 0 saturated carbocycles. The molecular weight excluding hydrogens is 312 g/mol. The number of aliphatic hydroxyl groups excluding tert-OH is 1. The number of hydrogen-bond acceptors (Lipinski definition) is 2. The molecule has 0 unspecified atom stereocenters. The maximum Gasteiger partial charge on any atom is 0.261 e. The monoisotopic (exact) mass is 342 g/mol. The molecule has 1 atom stereocenters. The van der Waals surface area contributed by atoms with Crippen molar-refractivity contribution in [1.82, 2.24) is 0 Å². The third kappa shape index (κ3) is 3.97. The van der Waals surface area contributed by atoms with E-state index < -0.39 is 8.32 Å². The van der Waals surface area contributed by atoms with Crippen LogP contribution in [0.2, 0.25) is 5.04 Å². The first-order valence-electron chi connectivity index (χ1n) is 8.77. The highest BCUT2D eigenvalue weighted by Gasteiger charge is 2.50. The predicted octanol–water partition coefficient (Wildman–Crippen LogP) is 3.58. The van der Waals surface area contributed by atoms with Crippen LogP contribution < -0.4 is 10.4 Å². The minimum atomic E-state index is -2.42. The predicted molar refractivity (Wildman–Crippen MR) is 104 cm³/mol. The highest BCUT2D eigenvalue weighted by molar-refractivity contribution is 6.99. The second kappa shape index (κ2) is 8.10. The van der Waals surface area contributed by atoms with Crippen molar-refractivity contribution in [2.45, 2.75) is 39.2 Å². The second-order valence-electron chi connectivity index (χ2n) is 7.59. The van der Waals surface area contributed by atoms with Gasteiger partial charge in [-0.3, -0.25) is 0 Å². The van der Waals surface area contributed by atoms with Gasteiger partial charge < -0.3 is 9.53 Å². The van der Waals surface area contributed by atoms with Gasteiger partial charge in [-0.2, -0.15) is 0 Å². The molecule has 0 aliphatic rings. The lowest BCUT2D eigenvalue weighted by atomic mass is 10.1. The molecule has 0 fully saturated rings. The van der Waals surface area contributed by atoms with Crippen molar-refractivity contribution in [3.8, 4) is 0 Å². The summed E-state index contributed by atoms with van der Waals surface area (Å²) in [5.74, 6) is 0.344. The molecule has 2 rings (SSSR count). The Morgan fingerprint density at radius 2 is 1.38 bits per heavy atom. The fourth-order valence-electron chi connectivity index (χ4n) is 3.33. The molecule has 3 heteroatoms. The smallest absolute Gasteiger partial charge is 0.261 e. The van der Waals surface area contributed by atoms with Gasteiger partial charge in [0.05, 0.1) is 0 Å². The van der Waals surface area contributed by atoms with E-state index in [-0.39, 0.29) is 11.6 Å². The lowest BCUT2D eigenvalue weighted by molar-refractivity contribution is 0.200. The Morgan fingerprint density at radius 3 is 1.75 bits per heavy atom. The van der Waals surface area contributed by atoms with Crippen LogP contribution in [-0.2, 0) is 4.43 Å². The van der Waals surface area contributed by atoms with E-state index in [1.807, 2.05) is 0 Å². The molecule has 0 amide bonds. The summed E-state index contributed by atoms with van der Waals surface area (Å²) in [6.45, 7) is 9.90. The summed E-state index contributed by atoms with van der Waals surface area (Å²) in [5, 5.41) is 11.8. The van der Waals surface area contributed by atoms with Gasteiger partial charge >= 0.3 is 0 Å². The Balaban J connectivity index is 2.53. The zero-order valence-electron chi connectivity index (χ0n) is 15.3. The van der Waals surface area contributed by atoms with Gasteiger partial charge in [0.15, 0.2) is 0 Å². The molecule has 0 aliphatic carbocycles. The Morgan fingerprint density at radius 1 is 0.917 bits per heavy atom. The lowest BCUT2D eigenvalue weighted by Gasteiger charge is -2.43. The van der Waals surface area contributed by atoms with Crippen molar-refractivity contribution in [2.75, 3.05) is 13.2 Å². The van der Waals surface area contributed by atoms with E-state index in [1.54, 1.807) is 0 Å². The van der Waals surface area contributed by atoms with Gasteiger partial charge in [0.2, 0.25) is 0 Å². The molecule has 0 heterocycles. The van der Waals surface area contributed by atoms with Crippen LogP contribution in [0.1, 0.15) is 34.1 Å². The van der Waals surface area contributed by atoms with Crippen molar-refractivity contribution in [2.24, 2.45) is 5.92 Å². The molecule has 0 bridgehead atoms. The maximum absolute atomic E-state index is 9.22. The first-order chi connectivity index (χ1) is 11.4. The minimum Gasteiger partial charge on any atom is -0.407 e. The molecule has 0 aromatic heterocycles. The van der Waals surface area contributed by atoms with Crippen LogP contribution in [0.3, 0.4) is 0 Å². The van der Waals surface area contributed by atoms with Gasteiger partial charge in [0, 0.05) is 13.2 Å². The summed E-state index contributed by atoms with van der Waals surface area (Å²) in [6.07, 6.45) is 0.776. The van der Waals surface area contributed by atoms with E-state index in [1.165, 1.54) is 10.4 Å². The normalized spacial score (nSPS) is 13.7.